The number of hydrogen-bond acceptors (Lipinski definition) is 2. The molecule has 0 radical (unpaired) electrons. The van der Waals surface area contributed by atoms with Gasteiger partial charge in [0, 0.05) is 6.54 Å². The third-order valence-electron chi connectivity index (χ3n) is 0.773. The topological polar surface area (TPSA) is 40.5 Å². The van der Waals surface area contributed by atoms with Crippen LogP contribution in [0.2, 0.25) is 0 Å². The van der Waals surface area contributed by atoms with E-state index >= 15 is 0 Å². The first-order valence-corrected chi connectivity index (χ1v) is 3.29. The van der Waals surface area contributed by atoms with Gasteiger partial charge in [-0.1, -0.05) is 18.3 Å². The minimum absolute atomic E-state index is 0.0346. The van der Waals surface area contributed by atoms with Crippen molar-refractivity contribution in [2.24, 2.45) is 0 Å². The summed E-state index contributed by atoms with van der Waals surface area (Å²) in [5.41, 5.74) is 0. The highest BCUT2D eigenvalue weighted by Crippen LogP contribution is 1.96. The summed E-state index contributed by atoms with van der Waals surface area (Å²) in [6.45, 7) is 3.54. The van der Waals surface area contributed by atoms with Gasteiger partial charge in [-0.05, 0) is 0 Å². The fourth-order valence-corrected chi connectivity index (χ4v) is 0.687. The van der Waals surface area contributed by atoms with Crippen LogP contribution in [0, 0.1) is 0 Å². The van der Waals surface area contributed by atoms with Crippen molar-refractivity contribution in [1.82, 2.24) is 4.90 Å². The zero-order chi connectivity index (χ0) is 8.15. The molecule has 0 aromatic rings. The van der Waals surface area contributed by atoms with Crippen LogP contribution in [0.1, 0.15) is 0 Å². The minimum atomic E-state index is -1.11. The molecule has 3 nitrogen and oxygen atoms in total. The van der Waals surface area contributed by atoms with Gasteiger partial charge in [0.1, 0.15) is 4.32 Å². The first-order chi connectivity index (χ1) is 4.59. The SMILES string of the molecule is C=CCN(C(=O)O)C(=S)S. The predicted octanol–water partition coefficient (Wildman–Crippen LogP) is 1.37. The lowest BCUT2D eigenvalue weighted by atomic mass is 10.6. The van der Waals surface area contributed by atoms with Crippen LogP contribution in [0.25, 0.3) is 0 Å². The van der Waals surface area contributed by atoms with Crippen molar-refractivity contribution >= 4 is 35.3 Å². The number of carboxylic acid groups (broad SMARTS) is 1. The highest BCUT2D eigenvalue weighted by molar-refractivity contribution is 8.11. The molecule has 56 valence electrons. The van der Waals surface area contributed by atoms with Gasteiger partial charge in [-0.2, -0.15) is 0 Å². The van der Waals surface area contributed by atoms with Crippen LogP contribution < -0.4 is 0 Å². The number of nitrogens with zero attached hydrogens (tertiary/aromatic N) is 1. The summed E-state index contributed by atoms with van der Waals surface area (Å²) in [5, 5.41) is 8.42. The van der Waals surface area contributed by atoms with Crippen LogP contribution in [-0.2, 0) is 0 Å². The van der Waals surface area contributed by atoms with E-state index in [2.05, 4.69) is 31.4 Å². The van der Waals surface area contributed by atoms with E-state index in [-0.39, 0.29) is 10.9 Å². The Labute approximate surface area is 69.7 Å². The first kappa shape index (κ1) is 9.45. The molecule has 0 aliphatic rings. The van der Waals surface area contributed by atoms with Gasteiger partial charge in [0.05, 0.1) is 0 Å². The van der Waals surface area contributed by atoms with Crippen LogP contribution in [0.4, 0.5) is 4.79 Å². The van der Waals surface area contributed by atoms with Gasteiger partial charge in [0.25, 0.3) is 0 Å². The molecule has 0 atom stereocenters. The smallest absolute Gasteiger partial charge is 0.413 e. The molecular formula is C5H7NO2S2. The minimum Gasteiger partial charge on any atom is -0.465 e. The standard InChI is InChI=1S/C5H7NO2S2/c1-2-3-6(4(7)8)5(9)10/h2H,1,3H2,(H,7,8)(H,9,10). The third kappa shape index (κ3) is 2.84. The van der Waals surface area contributed by atoms with Crippen LogP contribution in [0.15, 0.2) is 12.7 Å². The van der Waals surface area contributed by atoms with E-state index in [9.17, 15) is 4.79 Å². The number of hydrogen-bond donors (Lipinski definition) is 2. The van der Waals surface area contributed by atoms with Gasteiger partial charge < -0.3 is 5.11 Å². The molecule has 0 aliphatic carbocycles. The number of carbonyl (C=O) groups is 1. The normalized spacial score (nSPS) is 8.50. The maximum atomic E-state index is 10.3. The van der Waals surface area contributed by atoms with Gasteiger partial charge in [0.2, 0.25) is 0 Å². The second-order valence-electron chi connectivity index (χ2n) is 1.46. The second-order valence-corrected chi connectivity index (χ2v) is 2.58. The quantitative estimate of drug-likeness (QED) is 0.380. The Hall–Kier alpha value is -0.550. The molecule has 0 aliphatic heterocycles. The Bertz CT molecular complexity index is 155. The summed E-state index contributed by atoms with van der Waals surface area (Å²) in [6, 6.07) is 0. The van der Waals surface area contributed by atoms with E-state index < -0.39 is 6.09 Å². The summed E-state index contributed by atoms with van der Waals surface area (Å²) >= 11 is 8.22. The molecule has 0 unspecified atom stereocenters. The van der Waals surface area contributed by atoms with Crippen molar-refractivity contribution in [2.75, 3.05) is 6.54 Å². The van der Waals surface area contributed by atoms with Gasteiger partial charge in [-0.3, -0.25) is 4.90 Å². The van der Waals surface area contributed by atoms with Crippen molar-refractivity contribution in [3.63, 3.8) is 0 Å². The van der Waals surface area contributed by atoms with E-state index in [0.29, 0.717) is 0 Å². The average Bonchev–Trinajstić information content (AvgIpc) is 1.81. The average molecular weight is 177 g/mol. The number of thiocarbonyl (C=S) groups is 1. The van der Waals surface area contributed by atoms with E-state index in [4.69, 9.17) is 5.11 Å². The Morgan fingerprint density at radius 2 is 2.40 bits per heavy atom. The summed E-state index contributed by atoms with van der Waals surface area (Å²) in [5.74, 6) is 0. The molecule has 0 aromatic carbocycles. The van der Waals surface area contributed by atoms with E-state index in [1.54, 1.807) is 0 Å². The molecule has 10 heavy (non-hydrogen) atoms. The lowest BCUT2D eigenvalue weighted by Crippen LogP contribution is -2.31. The number of amides is 1. The molecule has 0 heterocycles. The summed E-state index contributed by atoms with van der Waals surface area (Å²) < 4.78 is 0.0346. The lowest BCUT2D eigenvalue weighted by Gasteiger charge is -2.13. The predicted molar refractivity (Wildman–Crippen MR) is 46.5 cm³/mol. The van der Waals surface area contributed by atoms with Crippen molar-refractivity contribution < 1.29 is 9.90 Å². The highest BCUT2D eigenvalue weighted by Gasteiger charge is 2.10. The molecule has 0 saturated heterocycles. The molecule has 1 amide bonds. The summed E-state index contributed by atoms with van der Waals surface area (Å²) in [4.78, 5) is 11.2. The molecule has 5 heteroatoms. The lowest BCUT2D eigenvalue weighted by molar-refractivity contribution is 0.174. The first-order valence-electron chi connectivity index (χ1n) is 2.44. The molecule has 0 spiro atoms. The van der Waals surface area contributed by atoms with Crippen LogP contribution in [0.5, 0.6) is 0 Å². The Morgan fingerprint density at radius 1 is 1.90 bits per heavy atom. The zero-order valence-corrected chi connectivity index (χ0v) is 6.86. The number of rotatable bonds is 2. The second kappa shape index (κ2) is 4.29. The van der Waals surface area contributed by atoms with Crippen molar-refractivity contribution in [3.05, 3.63) is 12.7 Å². The van der Waals surface area contributed by atoms with Crippen molar-refractivity contribution in [1.29, 1.82) is 0 Å². The maximum Gasteiger partial charge on any atom is 0.413 e. The largest absolute Gasteiger partial charge is 0.465 e. The van der Waals surface area contributed by atoms with Gasteiger partial charge >= 0.3 is 6.09 Å². The molecule has 0 rings (SSSR count). The van der Waals surface area contributed by atoms with E-state index in [0.717, 1.165) is 4.90 Å². The van der Waals surface area contributed by atoms with Crippen molar-refractivity contribution in [2.45, 2.75) is 0 Å². The van der Waals surface area contributed by atoms with Gasteiger partial charge in [-0.25, -0.2) is 4.79 Å². The molecular weight excluding hydrogens is 170 g/mol. The Morgan fingerprint density at radius 3 is 2.50 bits per heavy atom. The monoisotopic (exact) mass is 177 g/mol. The number of thiol groups is 1. The van der Waals surface area contributed by atoms with Gasteiger partial charge in [-0.15, -0.1) is 19.2 Å². The van der Waals surface area contributed by atoms with Gasteiger partial charge in [0.15, 0.2) is 0 Å². The highest BCUT2D eigenvalue weighted by atomic mass is 32.1. The molecule has 0 aromatic heterocycles. The fourth-order valence-electron chi connectivity index (χ4n) is 0.367. The van der Waals surface area contributed by atoms with Crippen molar-refractivity contribution in [3.8, 4) is 0 Å². The summed E-state index contributed by atoms with van der Waals surface area (Å²) in [7, 11) is 0. The fraction of sp³-hybridized carbons (Fsp3) is 0.200. The molecule has 0 bridgehead atoms. The molecule has 1 N–H and O–H groups in total. The van der Waals surface area contributed by atoms with Crippen LogP contribution in [0.3, 0.4) is 0 Å². The maximum absolute atomic E-state index is 10.3. The van der Waals surface area contributed by atoms with Crippen LogP contribution >= 0.6 is 24.8 Å². The zero-order valence-electron chi connectivity index (χ0n) is 5.15. The Balaban J connectivity index is 4.11. The Kier molecular flexibility index (Phi) is 4.06. The third-order valence-corrected chi connectivity index (χ3v) is 1.24. The van der Waals surface area contributed by atoms with E-state index in [1.807, 2.05) is 0 Å². The molecule has 0 fully saturated rings. The van der Waals surface area contributed by atoms with E-state index in [1.165, 1.54) is 6.08 Å². The van der Waals surface area contributed by atoms with Crippen LogP contribution in [-0.4, -0.2) is 27.0 Å². The molecule has 0 saturated carbocycles. The summed E-state index contributed by atoms with van der Waals surface area (Å²) in [6.07, 6.45) is 0.330.